The Kier molecular flexibility index (Phi) is 3.63. The lowest BCUT2D eigenvalue weighted by Crippen LogP contribution is -2.68. The van der Waals surface area contributed by atoms with E-state index in [1.54, 1.807) is 30.0 Å². The normalized spacial score (nSPS) is 26.5. The number of nitrogens with zero attached hydrogens (tertiary/aromatic N) is 2. The quantitative estimate of drug-likeness (QED) is 0.856. The molecule has 2 fully saturated rings. The molecule has 2 saturated heterocycles. The van der Waals surface area contributed by atoms with Crippen LogP contribution in [-0.2, 0) is 16.1 Å². The molecule has 5 nitrogen and oxygen atoms in total. The van der Waals surface area contributed by atoms with Gasteiger partial charge in [0, 0.05) is 31.7 Å². The van der Waals surface area contributed by atoms with Gasteiger partial charge in [-0.1, -0.05) is 18.2 Å². The zero-order chi connectivity index (χ0) is 15.0. The number of halogens is 1. The summed E-state index contributed by atoms with van der Waals surface area (Å²) in [5.41, 5.74) is 0.613. The maximum atomic E-state index is 13.7. The summed E-state index contributed by atoms with van der Waals surface area (Å²) in [5, 5.41) is 2.69. The van der Waals surface area contributed by atoms with Gasteiger partial charge in [0.2, 0.25) is 11.8 Å². The first-order valence-electron chi connectivity index (χ1n) is 7.13. The molecular formula is C15H18FN3O2. The molecule has 2 amide bonds. The predicted molar refractivity (Wildman–Crippen MR) is 74.8 cm³/mol. The molecule has 1 N–H and O–H groups in total. The summed E-state index contributed by atoms with van der Waals surface area (Å²) in [6, 6.07) is 5.72. The summed E-state index contributed by atoms with van der Waals surface area (Å²) in [5.74, 6) is -0.400. The molecule has 6 heteroatoms. The van der Waals surface area contributed by atoms with Crippen molar-refractivity contribution < 1.29 is 14.0 Å². The zero-order valence-electron chi connectivity index (χ0n) is 11.9. The Hall–Kier alpha value is -1.95. The highest BCUT2D eigenvalue weighted by Gasteiger charge is 2.41. The average molecular weight is 291 g/mol. The summed E-state index contributed by atoms with van der Waals surface area (Å²) >= 11 is 0. The molecule has 1 aromatic rings. The van der Waals surface area contributed by atoms with Crippen LogP contribution < -0.4 is 5.32 Å². The molecule has 2 aliphatic heterocycles. The first-order valence-corrected chi connectivity index (χ1v) is 7.13. The van der Waals surface area contributed by atoms with Gasteiger partial charge in [0.15, 0.2) is 0 Å². The monoisotopic (exact) mass is 291 g/mol. The van der Waals surface area contributed by atoms with Gasteiger partial charge in [0.25, 0.3) is 0 Å². The number of nitrogens with one attached hydrogen (secondary N) is 1. The fraction of sp³-hybridized carbons (Fsp3) is 0.467. The fourth-order valence-corrected chi connectivity index (χ4v) is 2.96. The van der Waals surface area contributed by atoms with Crippen LogP contribution in [0.15, 0.2) is 24.3 Å². The summed E-state index contributed by atoms with van der Waals surface area (Å²) in [4.78, 5) is 27.8. The van der Waals surface area contributed by atoms with E-state index in [1.807, 2.05) is 4.90 Å². The molecule has 0 unspecified atom stereocenters. The Bertz CT molecular complexity index is 578. The smallest absolute Gasteiger partial charge is 0.245 e. The van der Waals surface area contributed by atoms with Crippen molar-refractivity contribution in [3.63, 3.8) is 0 Å². The predicted octanol–water partition coefficient (Wildman–Crippen LogP) is 0.357. The van der Waals surface area contributed by atoms with Crippen LogP contribution in [0.5, 0.6) is 0 Å². The van der Waals surface area contributed by atoms with Crippen LogP contribution in [0.1, 0.15) is 12.5 Å². The topological polar surface area (TPSA) is 52.7 Å². The highest BCUT2D eigenvalue weighted by atomic mass is 19.1. The van der Waals surface area contributed by atoms with Gasteiger partial charge in [-0.05, 0) is 13.0 Å². The van der Waals surface area contributed by atoms with Gasteiger partial charge in [-0.25, -0.2) is 4.39 Å². The SMILES string of the molecule is C[C@@H]1NC(=O)[C@H]2CN(Cc3ccccc3F)CCN2C1=O. The second kappa shape index (κ2) is 5.44. The van der Waals surface area contributed by atoms with Crippen molar-refractivity contribution in [1.82, 2.24) is 15.1 Å². The van der Waals surface area contributed by atoms with E-state index in [2.05, 4.69) is 5.32 Å². The van der Waals surface area contributed by atoms with Crippen molar-refractivity contribution in [1.29, 1.82) is 0 Å². The minimum atomic E-state index is -0.464. The average Bonchev–Trinajstić information content (AvgIpc) is 2.47. The van der Waals surface area contributed by atoms with Crippen molar-refractivity contribution >= 4 is 11.8 Å². The van der Waals surface area contributed by atoms with E-state index in [0.29, 0.717) is 31.7 Å². The third-order valence-corrected chi connectivity index (χ3v) is 4.13. The molecule has 0 aromatic heterocycles. The lowest BCUT2D eigenvalue weighted by atomic mass is 10.0. The number of piperazine rings is 2. The number of fused-ring (bicyclic) bond motifs is 1. The maximum Gasteiger partial charge on any atom is 0.245 e. The summed E-state index contributed by atoms with van der Waals surface area (Å²) < 4.78 is 13.7. The minimum absolute atomic E-state index is 0.0369. The largest absolute Gasteiger partial charge is 0.343 e. The molecule has 2 atom stereocenters. The second-order valence-corrected chi connectivity index (χ2v) is 5.60. The van der Waals surface area contributed by atoms with E-state index in [-0.39, 0.29) is 17.6 Å². The molecule has 3 rings (SSSR count). The van der Waals surface area contributed by atoms with Crippen molar-refractivity contribution in [2.24, 2.45) is 0 Å². The van der Waals surface area contributed by atoms with Crippen molar-refractivity contribution in [3.05, 3.63) is 35.6 Å². The van der Waals surface area contributed by atoms with Crippen LogP contribution in [0.25, 0.3) is 0 Å². The Morgan fingerprint density at radius 3 is 2.81 bits per heavy atom. The molecule has 21 heavy (non-hydrogen) atoms. The van der Waals surface area contributed by atoms with E-state index >= 15 is 0 Å². The Labute approximate surface area is 122 Å². The molecule has 0 saturated carbocycles. The zero-order valence-corrected chi connectivity index (χ0v) is 11.9. The molecule has 1 aromatic carbocycles. The van der Waals surface area contributed by atoms with Gasteiger partial charge in [0.1, 0.15) is 17.9 Å². The number of carbonyl (C=O) groups excluding carboxylic acids is 2. The van der Waals surface area contributed by atoms with Gasteiger partial charge in [-0.15, -0.1) is 0 Å². The van der Waals surface area contributed by atoms with Crippen LogP contribution in [0, 0.1) is 5.82 Å². The molecule has 2 heterocycles. The fourth-order valence-electron chi connectivity index (χ4n) is 2.96. The lowest BCUT2D eigenvalue weighted by molar-refractivity contribution is -0.152. The number of amides is 2. The number of hydrogen-bond donors (Lipinski definition) is 1. The van der Waals surface area contributed by atoms with E-state index in [4.69, 9.17) is 0 Å². The van der Waals surface area contributed by atoms with Crippen molar-refractivity contribution in [2.75, 3.05) is 19.6 Å². The molecule has 0 radical (unpaired) electrons. The number of rotatable bonds is 2. The maximum absolute atomic E-state index is 13.7. The highest BCUT2D eigenvalue weighted by Crippen LogP contribution is 2.18. The highest BCUT2D eigenvalue weighted by molar-refractivity contribution is 5.97. The van der Waals surface area contributed by atoms with Gasteiger partial charge in [-0.2, -0.15) is 0 Å². The van der Waals surface area contributed by atoms with Crippen LogP contribution in [0.4, 0.5) is 4.39 Å². The lowest BCUT2D eigenvalue weighted by Gasteiger charge is -2.44. The van der Waals surface area contributed by atoms with Gasteiger partial charge in [-0.3, -0.25) is 14.5 Å². The Morgan fingerprint density at radius 1 is 1.29 bits per heavy atom. The molecule has 0 aliphatic carbocycles. The third-order valence-electron chi connectivity index (χ3n) is 4.13. The summed E-state index contributed by atoms with van der Waals surface area (Å²) in [6.07, 6.45) is 0. The first-order chi connectivity index (χ1) is 10.1. The standard InChI is InChI=1S/C15H18FN3O2/c1-10-15(21)19-7-6-18(9-13(19)14(20)17-10)8-11-4-2-3-5-12(11)16/h2-5,10,13H,6-9H2,1H3,(H,17,20)/t10-,13+/m0/s1. The van der Waals surface area contributed by atoms with E-state index in [1.165, 1.54) is 6.07 Å². The van der Waals surface area contributed by atoms with E-state index < -0.39 is 12.1 Å². The number of carbonyl (C=O) groups is 2. The molecule has 0 spiro atoms. The van der Waals surface area contributed by atoms with Crippen molar-refractivity contribution in [3.8, 4) is 0 Å². The third kappa shape index (κ3) is 2.63. The number of hydrogen-bond acceptors (Lipinski definition) is 3. The summed E-state index contributed by atoms with van der Waals surface area (Å²) in [7, 11) is 0. The molecule has 112 valence electrons. The Balaban J connectivity index is 1.71. The van der Waals surface area contributed by atoms with Gasteiger partial charge >= 0.3 is 0 Å². The minimum Gasteiger partial charge on any atom is -0.343 e. The first kappa shape index (κ1) is 14.0. The van der Waals surface area contributed by atoms with Gasteiger partial charge in [0.05, 0.1) is 0 Å². The Morgan fingerprint density at radius 2 is 2.05 bits per heavy atom. The second-order valence-electron chi connectivity index (χ2n) is 5.60. The van der Waals surface area contributed by atoms with Gasteiger partial charge < -0.3 is 10.2 Å². The van der Waals surface area contributed by atoms with Crippen molar-refractivity contribution in [2.45, 2.75) is 25.6 Å². The van der Waals surface area contributed by atoms with E-state index in [9.17, 15) is 14.0 Å². The van der Waals surface area contributed by atoms with Crippen LogP contribution in [0.3, 0.4) is 0 Å². The molecule has 0 bridgehead atoms. The molecule has 2 aliphatic rings. The number of benzene rings is 1. The van der Waals surface area contributed by atoms with Crippen LogP contribution >= 0.6 is 0 Å². The molecular weight excluding hydrogens is 273 g/mol. The van der Waals surface area contributed by atoms with Crippen LogP contribution in [0.2, 0.25) is 0 Å². The van der Waals surface area contributed by atoms with E-state index in [0.717, 1.165) is 0 Å². The van der Waals surface area contributed by atoms with Crippen LogP contribution in [-0.4, -0.2) is 53.3 Å². The summed E-state index contributed by atoms with van der Waals surface area (Å²) in [6.45, 7) is 3.75.